The maximum absolute atomic E-state index is 11.0. The molecule has 3 nitrogen and oxygen atoms in total. The van der Waals surface area contributed by atoms with Gasteiger partial charge in [-0.3, -0.25) is 9.48 Å². The van der Waals surface area contributed by atoms with Crippen LogP contribution in [0.3, 0.4) is 0 Å². The summed E-state index contributed by atoms with van der Waals surface area (Å²) >= 11 is 0. The molecule has 0 amide bonds. The summed E-state index contributed by atoms with van der Waals surface area (Å²) in [6.07, 6.45) is 2.55. The number of aryl methyl sites for hydroxylation is 2. The number of aldehydes is 1. The van der Waals surface area contributed by atoms with E-state index in [1.165, 1.54) is 5.56 Å². The third-order valence-corrected chi connectivity index (χ3v) is 2.89. The molecule has 0 saturated heterocycles. The maximum Gasteiger partial charge on any atom is 0.168 e. The topological polar surface area (TPSA) is 34.9 Å². The van der Waals surface area contributed by atoms with Crippen LogP contribution in [0.25, 0.3) is 11.3 Å². The van der Waals surface area contributed by atoms with E-state index in [0.29, 0.717) is 12.2 Å². The van der Waals surface area contributed by atoms with E-state index in [0.717, 1.165) is 23.1 Å². The number of benzene rings is 1. The van der Waals surface area contributed by atoms with E-state index in [4.69, 9.17) is 0 Å². The molecule has 0 aliphatic rings. The fraction of sp³-hybridized carbons (Fsp3) is 0.200. The zero-order valence-electron chi connectivity index (χ0n) is 10.7. The zero-order valence-corrected chi connectivity index (χ0v) is 10.7. The van der Waals surface area contributed by atoms with Crippen molar-refractivity contribution in [2.45, 2.75) is 20.4 Å². The highest BCUT2D eigenvalue weighted by molar-refractivity contribution is 5.76. The molecule has 0 fully saturated rings. The monoisotopic (exact) mass is 240 g/mol. The Kier molecular flexibility index (Phi) is 3.42. The molecule has 0 unspecified atom stereocenters. The van der Waals surface area contributed by atoms with Gasteiger partial charge < -0.3 is 0 Å². The molecule has 0 aliphatic carbocycles. The molecule has 92 valence electrons. The van der Waals surface area contributed by atoms with Crippen LogP contribution in [0.15, 0.2) is 36.9 Å². The first-order valence-corrected chi connectivity index (χ1v) is 5.87. The third kappa shape index (κ3) is 2.25. The van der Waals surface area contributed by atoms with Gasteiger partial charge in [0.05, 0.1) is 12.2 Å². The molecule has 3 heteroatoms. The molecule has 2 rings (SSSR count). The van der Waals surface area contributed by atoms with Crippen LogP contribution < -0.4 is 0 Å². The number of rotatable bonds is 4. The first-order valence-electron chi connectivity index (χ1n) is 5.87. The summed E-state index contributed by atoms with van der Waals surface area (Å²) < 4.78 is 1.66. The summed E-state index contributed by atoms with van der Waals surface area (Å²) in [6.45, 7) is 8.32. The van der Waals surface area contributed by atoms with Gasteiger partial charge in [0.25, 0.3) is 0 Å². The van der Waals surface area contributed by atoms with Gasteiger partial charge in [0.15, 0.2) is 6.29 Å². The Bertz CT molecular complexity index is 597. The number of hydrogen-bond acceptors (Lipinski definition) is 2. The Hall–Kier alpha value is -2.16. The lowest BCUT2D eigenvalue weighted by atomic mass is 10.0. The van der Waals surface area contributed by atoms with Crippen molar-refractivity contribution >= 4 is 6.29 Å². The largest absolute Gasteiger partial charge is 0.296 e. The van der Waals surface area contributed by atoms with Gasteiger partial charge in [0.2, 0.25) is 0 Å². The van der Waals surface area contributed by atoms with Crippen LogP contribution in [0.4, 0.5) is 0 Å². The molecule has 1 aromatic carbocycles. The summed E-state index contributed by atoms with van der Waals surface area (Å²) in [6, 6.07) is 8.02. The molecule has 0 spiro atoms. The summed E-state index contributed by atoms with van der Waals surface area (Å²) in [5.74, 6) is 0. The highest BCUT2D eigenvalue weighted by Crippen LogP contribution is 2.23. The van der Waals surface area contributed by atoms with Crippen molar-refractivity contribution in [1.82, 2.24) is 9.78 Å². The Morgan fingerprint density at radius 3 is 2.72 bits per heavy atom. The van der Waals surface area contributed by atoms with Gasteiger partial charge in [-0.15, -0.1) is 6.58 Å². The van der Waals surface area contributed by atoms with Crippen molar-refractivity contribution < 1.29 is 4.79 Å². The number of nitrogens with zero attached hydrogens (tertiary/aromatic N) is 2. The standard InChI is InChI=1S/C15H16N2O/c1-4-7-17-13(10-18)9-15(16-17)14-6-5-11(2)8-12(14)3/h4-6,8-10H,1,7H2,2-3H3. The lowest BCUT2D eigenvalue weighted by molar-refractivity contribution is 0.111. The van der Waals surface area contributed by atoms with E-state index in [1.54, 1.807) is 10.8 Å². The molecular formula is C15H16N2O. The Morgan fingerprint density at radius 1 is 1.33 bits per heavy atom. The van der Waals surface area contributed by atoms with Gasteiger partial charge in [-0.1, -0.05) is 29.8 Å². The molecule has 18 heavy (non-hydrogen) atoms. The Morgan fingerprint density at radius 2 is 2.11 bits per heavy atom. The van der Waals surface area contributed by atoms with Crippen molar-refractivity contribution in [3.8, 4) is 11.3 Å². The van der Waals surface area contributed by atoms with Gasteiger partial charge >= 0.3 is 0 Å². The van der Waals surface area contributed by atoms with Gasteiger partial charge in [0.1, 0.15) is 5.69 Å². The molecule has 0 aliphatic heterocycles. The predicted molar refractivity (Wildman–Crippen MR) is 72.7 cm³/mol. The SMILES string of the molecule is C=CCn1nc(-c2ccc(C)cc2C)cc1C=O. The van der Waals surface area contributed by atoms with E-state index < -0.39 is 0 Å². The molecule has 0 N–H and O–H groups in total. The van der Waals surface area contributed by atoms with Crippen molar-refractivity contribution in [3.63, 3.8) is 0 Å². The van der Waals surface area contributed by atoms with Crippen LogP contribution >= 0.6 is 0 Å². The predicted octanol–water partition coefficient (Wildman–Crippen LogP) is 3.17. The van der Waals surface area contributed by atoms with Crippen molar-refractivity contribution in [1.29, 1.82) is 0 Å². The minimum absolute atomic E-state index is 0.541. The van der Waals surface area contributed by atoms with Crippen LogP contribution in [0.1, 0.15) is 21.6 Å². The molecule has 0 bridgehead atoms. The summed E-state index contributed by atoms with van der Waals surface area (Å²) in [4.78, 5) is 11.0. The quantitative estimate of drug-likeness (QED) is 0.607. The number of carbonyl (C=O) groups excluding carboxylic acids is 1. The second kappa shape index (κ2) is 5.00. The van der Waals surface area contributed by atoms with Crippen LogP contribution in [-0.4, -0.2) is 16.1 Å². The molecular weight excluding hydrogens is 224 g/mol. The second-order valence-electron chi connectivity index (χ2n) is 4.36. The van der Waals surface area contributed by atoms with E-state index in [-0.39, 0.29) is 0 Å². The maximum atomic E-state index is 11.0. The van der Waals surface area contributed by atoms with E-state index in [1.807, 2.05) is 12.1 Å². The number of carbonyl (C=O) groups is 1. The van der Waals surface area contributed by atoms with Crippen LogP contribution in [0.2, 0.25) is 0 Å². The van der Waals surface area contributed by atoms with Crippen molar-refractivity contribution in [3.05, 3.63) is 53.7 Å². The third-order valence-electron chi connectivity index (χ3n) is 2.89. The molecule has 1 aromatic heterocycles. The minimum atomic E-state index is 0.541. The molecule has 0 saturated carbocycles. The van der Waals surface area contributed by atoms with Crippen LogP contribution in [0, 0.1) is 13.8 Å². The summed E-state index contributed by atoms with van der Waals surface area (Å²) in [7, 11) is 0. The van der Waals surface area contributed by atoms with E-state index in [9.17, 15) is 4.79 Å². The fourth-order valence-corrected chi connectivity index (χ4v) is 2.03. The highest BCUT2D eigenvalue weighted by atomic mass is 16.1. The van der Waals surface area contributed by atoms with Crippen molar-refractivity contribution in [2.24, 2.45) is 0 Å². The van der Waals surface area contributed by atoms with Gasteiger partial charge in [0, 0.05) is 5.56 Å². The lowest BCUT2D eigenvalue weighted by Gasteiger charge is -2.03. The minimum Gasteiger partial charge on any atom is -0.296 e. The molecule has 1 heterocycles. The number of hydrogen-bond donors (Lipinski definition) is 0. The highest BCUT2D eigenvalue weighted by Gasteiger charge is 2.10. The van der Waals surface area contributed by atoms with E-state index >= 15 is 0 Å². The van der Waals surface area contributed by atoms with Gasteiger partial charge in [-0.2, -0.15) is 5.10 Å². The van der Waals surface area contributed by atoms with Crippen molar-refractivity contribution in [2.75, 3.05) is 0 Å². The Balaban J connectivity index is 2.50. The van der Waals surface area contributed by atoms with Gasteiger partial charge in [-0.25, -0.2) is 0 Å². The van der Waals surface area contributed by atoms with Crippen LogP contribution in [-0.2, 0) is 6.54 Å². The second-order valence-corrected chi connectivity index (χ2v) is 4.36. The molecule has 0 atom stereocenters. The van der Waals surface area contributed by atoms with E-state index in [2.05, 4.69) is 37.7 Å². The lowest BCUT2D eigenvalue weighted by Crippen LogP contribution is -2.02. The number of allylic oxidation sites excluding steroid dienone is 1. The fourth-order valence-electron chi connectivity index (χ4n) is 2.03. The molecule has 0 radical (unpaired) electrons. The smallest absolute Gasteiger partial charge is 0.168 e. The average molecular weight is 240 g/mol. The summed E-state index contributed by atoms with van der Waals surface area (Å²) in [5, 5.41) is 4.45. The Labute approximate surface area is 107 Å². The van der Waals surface area contributed by atoms with Crippen LogP contribution in [0.5, 0.6) is 0 Å². The molecule has 2 aromatic rings. The van der Waals surface area contributed by atoms with Gasteiger partial charge in [-0.05, 0) is 25.5 Å². The first kappa shape index (κ1) is 12.3. The average Bonchev–Trinajstić information content (AvgIpc) is 2.72. The normalized spacial score (nSPS) is 10.3. The zero-order chi connectivity index (χ0) is 13.1. The summed E-state index contributed by atoms with van der Waals surface area (Å²) in [5.41, 5.74) is 4.85. The first-order chi connectivity index (χ1) is 8.65. The number of aromatic nitrogens is 2.